The fourth-order valence-corrected chi connectivity index (χ4v) is 3.06. The van der Waals surface area contributed by atoms with E-state index in [0.29, 0.717) is 12.4 Å². The molecule has 0 spiro atoms. The Bertz CT molecular complexity index is 590. The van der Waals surface area contributed by atoms with Crippen molar-refractivity contribution >= 4 is 17.2 Å². The van der Waals surface area contributed by atoms with Crippen LogP contribution in [0.2, 0.25) is 0 Å². The monoisotopic (exact) mass is 306 g/mol. The van der Waals surface area contributed by atoms with Crippen molar-refractivity contribution < 1.29 is 9.32 Å². The molecule has 2 aromatic heterocycles. The Morgan fingerprint density at radius 2 is 2.52 bits per heavy atom. The van der Waals surface area contributed by atoms with Crippen molar-refractivity contribution in [3.63, 3.8) is 0 Å². The molecule has 0 aromatic carbocycles. The third-order valence-electron chi connectivity index (χ3n) is 3.61. The second-order valence-corrected chi connectivity index (χ2v) is 6.19. The van der Waals surface area contributed by atoms with Crippen LogP contribution in [0, 0.1) is 0 Å². The van der Waals surface area contributed by atoms with E-state index >= 15 is 0 Å². The Morgan fingerprint density at radius 1 is 1.62 bits per heavy atom. The quantitative estimate of drug-likeness (QED) is 0.913. The predicted molar refractivity (Wildman–Crippen MR) is 79.3 cm³/mol. The summed E-state index contributed by atoms with van der Waals surface area (Å²) in [6.45, 7) is 1.60. The van der Waals surface area contributed by atoms with Crippen LogP contribution in [0.25, 0.3) is 0 Å². The summed E-state index contributed by atoms with van der Waals surface area (Å²) in [6.07, 6.45) is 2.91. The van der Waals surface area contributed by atoms with Gasteiger partial charge in [0.2, 0.25) is 5.89 Å². The summed E-state index contributed by atoms with van der Waals surface area (Å²) in [4.78, 5) is 19.4. The molecule has 3 rings (SSSR count). The third-order valence-corrected chi connectivity index (χ3v) is 4.55. The second kappa shape index (κ2) is 6.36. The van der Waals surface area contributed by atoms with Gasteiger partial charge in [-0.2, -0.15) is 4.98 Å². The van der Waals surface area contributed by atoms with Crippen LogP contribution in [0.5, 0.6) is 0 Å². The van der Waals surface area contributed by atoms with Crippen LogP contribution in [0.3, 0.4) is 0 Å². The minimum absolute atomic E-state index is 0.0930. The van der Waals surface area contributed by atoms with E-state index in [4.69, 9.17) is 4.52 Å². The Balaban J connectivity index is 1.58. The van der Waals surface area contributed by atoms with Gasteiger partial charge in [0.1, 0.15) is 0 Å². The zero-order valence-electron chi connectivity index (χ0n) is 11.9. The summed E-state index contributed by atoms with van der Waals surface area (Å²) in [5.41, 5.74) is 0. The maximum atomic E-state index is 12.3. The Labute approximate surface area is 127 Å². The van der Waals surface area contributed by atoms with Crippen molar-refractivity contribution in [1.82, 2.24) is 20.4 Å². The van der Waals surface area contributed by atoms with Crippen molar-refractivity contribution in [3.05, 3.63) is 34.1 Å². The number of nitrogens with zero attached hydrogens (tertiary/aromatic N) is 3. The van der Waals surface area contributed by atoms with Gasteiger partial charge in [-0.3, -0.25) is 4.79 Å². The van der Waals surface area contributed by atoms with E-state index in [1.54, 1.807) is 23.3 Å². The molecule has 0 bridgehead atoms. The van der Waals surface area contributed by atoms with Gasteiger partial charge in [-0.25, -0.2) is 0 Å². The highest BCUT2D eigenvalue weighted by Gasteiger charge is 2.25. The van der Waals surface area contributed by atoms with Crippen LogP contribution >= 0.6 is 11.3 Å². The van der Waals surface area contributed by atoms with Crippen LogP contribution in [0.4, 0.5) is 0 Å². The van der Waals surface area contributed by atoms with E-state index in [2.05, 4.69) is 21.5 Å². The minimum Gasteiger partial charge on any atom is -0.339 e. The number of amides is 1. The molecule has 0 radical (unpaired) electrons. The van der Waals surface area contributed by atoms with Gasteiger partial charge in [0.25, 0.3) is 11.7 Å². The fraction of sp³-hybridized carbons (Fsp3) is 0.500. The van der Waals surface area contributed by atoms with Crippen LogP contribution < -0.4 is 5.32 Å². The molecule has 1 aliphatic heterocycles. The fourth-order valence-electron chi connectivity index (χ4n) is 2.36. The highest BCUT2D eigenvalue weighted by atomic mass is 32.1. The molecule has 1 N–H and O–H groups in total. The molecular weight excluding hydrogens is 288 g/mol. The number of aromatic nitrogens is 2. The topological polar surface area (TPSA) is 71.3 Å². The number of hydrogen-bond acceptors (Lipinski definition) is 6. The lowest BCUT2D eigenvalue weighted by atomic mass is 10.2. The smallest absolute Gasteiger partial charge is 0.295 e. The molecule has 1 aliphatic rings. The summed E-state index contributed by atoms with van der Waals surface area (Å²) >= 11 is 1.70. The van der Waals surface area contributed by atoms with Crippen LogP contribution in [0.1, 0.15) is 40.3 Å². The lowest BCUT2D eigenvalue weighted by Crippen LogP contribution is -2.29. The number of carbonyl (C=O) groups is 1. The average molecular weight is 306 g/mol. The van der Waals surface area contributed by atoms with Crippen LogP contribution in [-0.2, 0) is 6.42 Å². The Kier molecular flexibility index (Phi) is 4.31. The molecule has 1 amide bonds. The van der Waals surface area contributed by atoms with Gasteiger partial charge in [-0.05, 0) is 37.3 Å². The Hall–Kier alpha value is -1.73. The predicted octanol–water partition coefficient (Wildman–Crippen LogP) is 1.87. The molecule has 1 fully saturated rings. The van der Waals surface area contributed by atoms with Crippen molar-refractivity contribution in [3.8, 4) is 0 Å². The molecule has 2 aromatic rings. The number of rotatable bonds is 5. The van der Waals surface area contributed by atoms with E-state index in [0.717, 1.165) is 25.8 Å². The van der Waals surface area contributed by atoms with E-state index in [1.165, 1.54) is 4.88 Å². The zero-order chi connectivity index (χ0) is 14.7. The van der Waals surface area contributed by atoms with Gasteiger partial charge in [-0.15, -0.1) is 11.3 Å². The molecule has 0 saturated carbocycles. The average Bonchev–Trinajstić information content (AvgIpc) is 3.25. The maximum absolute atomic E-state index is 12.3. The molecule has 6 nitrogen and oxygen atoms in total. The molecule has 0 aliphatic carbocycles. The Morgan fingerprint density at radius 3 is 3.24 bits per heavy atom. The molecule has 21 heavy (non-hydrogen) atoms. The van der Waals surface area contributed by atoms with Crippen molar-refractivity contribution in [2.75, 3.05) is 20.1 Å². The van der Waals surface area contributed by atoms with E-state index < -0.39 is 0 Å². The maximum Gasteiger partial charge on any atom is 0.295 e. The highest BCUT2D eigenvalue weighted by Crippen LogP contribution is 2.21. The first kappa shape index (κ1) is 14.2. The van der Waals surface area contributed by atoms with Gasteiger partial charge in [0.15, 0.2) is 0 Å². The van der Waals surface area contributed by atoms with E-state index in [-0.39, 0.29) is 17.8 Å². The lowest BCUT2D eigenvalue weighted by Gasteiger charge is -2.14. The largest absolute Gasteiger partial charge is 0.339 e. The molecule has 1 unspecified atom stereocenters. The minimum atomic E-state index is -0.195. The SMILES string of the molecule is CN(CCc1cccs1)C(=O)c1noc(C2CCCN2)n1. The van der Waals surface area contributed by atoms with Gasteiger partial charge >= 0.3 is 0 Å². The standard InChI is InChI=1S/C14H18N4O2S/c1-18(8-6-10-4-3-9-21-10)14(19)12-16-13(20-17-12)11-5-2-7-15-11/h3-4,9,11,15H,2,5-8H2,1H3. The first-order chi connectivity index (χ1) is 10.2. The van der Waals surface area contributed by atoms with Crippen LogP contribution in [0.15, 0.2) is 22.0 Å². The van der Waals surface area contributed by atoms with Gasteiger partial charge in [0.05, 0.1) is 6.04 Å². The first-order valence-corrected chi connectivity index (χ1v) is 7.97. The van der Waals surface area contributed by atoms with Gasteiger partial charge < -0.3 is 14.7 Å². The summed E-state index contributed by atoms with van der Waals surface area (Å²) in [5, 5.41) is 9.13. The van der Waals surface area contributed by atoms with E-state index in [1.807, 2.05) is 11.4 Å². The van der Waals surface area contributed by atoms with Crippen molar-refractivity contribution in [2.24, 2.45) is 0 Å². The molecular formula is C14H18N4O2S. The normalized spacial score (nSPS) is 18.0. The number of likely N-dealkylation sites (N-methyl/N-ethyl adjacent to an activating group) is 1. The summed E-state index contributed by atoms with van der Waals surface area (Å²) in [6, 6.07) is 4.18. The number of thiophene rings is 1. The van der Waals surface area contributed by atoms with Gasteiger partial charge in [0, 0.05) is 18.5 Å². The number of nitrogens with one attached hydrogen (secondary N) is 1. The first-order valence-electron chi connectivity index (χ1n) is 7.09. The molecule has 112 valence electrons. The lowest BCUT2D eigenvalue weighted by molar-refractivity contribution is 0.0781. The van der Waals surface area contributed by atoms with Crippen molar-refractivity contribution in [1.29, 1.82) is 0 Å². The molecule has 1 atom stereocenters. The third kappa shape index (κ3) is 3.30. The summed E-state index contributed by atoms with van der Waals surface area (Å²) in [7, 11) is 1.76. The number of carbonyl (C=O) groups excluding carboxylic acids is 1. The summed E-state index contributed by atoms with van der Waals surface area (Å²) in [5.74, 6) is 0.467. The van der Waals surface area contributed by atoms with Gasteiger partial charge in [-0.1, -0.05) is 11.2 Å². The second-order valence-electron chi connectivity index (χ2n) is 5.16. The molecule has 1 saturated heterocycles. The zero-order valence-corrected chi connectivity index (χ0v) is 12.7. The highest BCUT2D eigenvalue weighted by molar-refractivity contribution is 7.09. The van der Waals surface area contributed by atoms with Crippen molar-refractivity contribution in [2.45, 2.75) is 25.3 Å². The number of hydrogen-bond donors (Lipinski definition) is 1. The molecule has 7 heteroatoms. The molecule has 3 heterocycles. The summed E-state index contributed by atoms with van der Waals surface area (Å²) < 4.78 is 5.20. The van der Waals surface area contributed by atoms with Crippen LogP contribution in [-0.4, -0.2) is 41.1 Å². The van der Waals surface area contributed by atoms with E-state index in [9.17, 15) is 4.79 Å².